The molecule has 0 aliphatic carbocycles. The van der Waals surface area contributed by atoms with E-state index in [-0.39, 0.29) is 5.91 Å². The lowest BCUT2D eigenvalue weighted by atomic mass is 10.1. The van der Waals surface area contributed by atoms with E-state index in [1.54, 1.807) is 14.2 Å². The lowest BCUT2D eigenvalue weighted by Crippen LogP contribution is -2.39. The fourth-order valence-electron chi connectivity index (χ4n) is 2.64. The van der Waals surface area contributed by atoms with Crippen molar-refractivity contribution in [1.82, 2.24) is 5.32 Å². The predicted molar refractivity (Wildman–Crippen MR) is 102 cm³/mol. The van der Waals surface area contributed by atoms with E-state index in [0.29, 0.717) is 30.9 Å². The van der Waals surface area contributed by atoms with Crippen LogP contribution in [0.3, 0.4) is 0 Å². The minimum absolute atomic E-state index is 0.101. The molecule has 1 amide bonds. The number of hydrogen-bond donors (Lipinski definition) is 1. The van der Waals surface area contributed by atoms with Gasteiger partial charge in [-0.3, -0.25) is 4.79 Å². The van der Waals surface area contributed by atoms with Gasteiger partial charge in [0.05, 0.1) is 14.2 Å². The summed E-state index contributed by atoms with van der Waals surface area (Å²) >= 11 is 0. The number of para-hydroxylation sites is 1. The third-order valence-electron chi connectivity index (χ3n) is 4.19. The molecule has 0 aliphatic rings. The second-order valence-corrected chi connectivity index (χ2v) is 6.01. The molecule has 0 fully saturated rings. The Morgan fingerprint density at radius 2 is 1.77 bits per heavy atom. The van der Waals surface area contributed by atoms with Gasteiger partial charge in [-0.15, -0.1) is 0 Å². The Bertz CT molecular complexity index is 730. The molecule has 0 saturated heterocycles. The molecule has 0 radical (unpaired) electrons. The Balaban J connectivity index is 1.90. The lowest BCUT2D eigenvalue weighted by Gasteiger charge is -2.18. The van der Waals surface area contributed by atoms with Gasteiger partial charge >= 0.3 is 0 Å². The maximum absolute atomic E-state index is 12.4. The highest BCUT2D eigenvalue weighted by Crippen LogP contribution is 2.27. The molecule has 5 heteroatoms. The van der Waals surface area contributed by atoms with Gasteiger partial charge in [0, 0.05) is 6.54 Å². The topological polar surface area (TPSA) is 56.8 Å². The van der Waals surface area contributed by atoms with Crippen LogP contribution in [0.1, 0.15) is 24.5 Å². The van der Waals surface area contributed by atoms with Gasteiger partial charge in [-0.05, 0) is 49.1 Å². The van der Waals surface area contributed by atoms with Crippen molar-refractivity contribution in [3.8, 4) is 17.2 Å². The number of benzene rings is 2. The number of methoxy groups -OCH3 is 2. The Morgan fingerprint density at radius 1 is 1.04 bits per heavy atom. The number of carbonyl (C=O) groups is 1. The molecule has 0 heterocycles. The standard InChI is InChI=1S/C21H27NO4/c1-5-17(26-18-9-7-6-8-15(18)2)21(23)22-13-12-16-10-11-19(24-3)20(14-16)25-4/h6-11,14,17H,5,12-13H2,1-4H3,(H,22,23)/t17-/m1/s1. The molecule has 5 nitrogen and oxygen atoms in total. The highest BCUT2D eigenvalue weighted by Gasteiger charge is 2.18. The molecule has 0 aliphatic heterocycles. The van der Waals surface area contributed by atoms with Crippen LogP contribution in [0.2, 0.25) is 0 Å². The smallest absolute Gasteiger partial charge is 0.261 e. The summed E-state index contributed by atoms with van der Waals surface area (Å²) in [5.74, 6) is 2.02. The molecule has 0 spiro atoms. The molecule has 1 N–H and O–H groups in total. The molecule has 0 aromatic heterocycles. The van der Waals surface area contributed by atoms with Gasteiger partial charge in [-0.1, -0.05) is 31.2 Å². The number of nitrogens with one attached hydrogen (secondary N) is 1. The third-order valence-corrected chi connectivity index (χ3v) is 4.19. The van der Waals surface area contributed by atoms with Crippen molar-refractivity contribution < 1.29 is 19.0 Å². The van der Waals surface area contributed by atoms with Crippen LogP contribution < -0.4 is 19.5 Å². The van der Waals surface area contributed by atoms with Gasteiger partial charge in [-0.25, -0.2) is 0 Å². The van der Waals surface area contributed by atoms with Crippen molar-refractivity contribution in [1.29, 1.82) is 0 Å². The van der Waals surface area contributed by atoms with Gasteiger partial charge in [-0.2, -0.15) is 0 Å². The Morgan fingerprint density at radius 3 is 2.42 bits per heavy atom. The highest BCUT2D eigenvalue weighted by atomic mass is 16.5. The van der Waals surface area contributed by atoms with Crippen molar-refractivity contribution in [2.24, 2.45) is 0 Å². The maximum Gasteiger partial charge on any atom is 0.261 e. The van der Waals surface area contributed by atoms with E-state index in [0.717, 1.165) is 16.9 Å². The largest absolute Gasteiger partial charge is 0.493 e. The molecular weight excluding hydrogens is 330 g/mol. The minimum Gasteiger partial charge on any atom is -0.493 e. The summed E-state index contributed by atoms with van der Waals surface area (Å²) in [6, 6.07) is 13.5. The second-order valence-electron chi connectivity index (χ2n) is 6.01. The van der Waals surface area contributed by atoms with Gasteiger partial charge in [0.2, 0.25) is 0 Å². The van der Waals surface area contributed by atoms with Gasteiger partial charge in [0.25, 0.3) is 5.91 Å². The van der Waals surface area contributed by atoms with E-state index in [2.05, 4.69) is 5.32 Å². The molecule has 2 aromatic carbocycles. The van der Waals surface area contributed by atoms with E-state index < -0.39 is 6.10 Å². The van der Waals surface area contributed by atoms with Crippen LogP contribution in [0.5, 0.6) is 17.2 Å². The van der Waals surface area contributed by atoms with E-state index in [4.69, 9.17) is 14.2 Å². The first-order valence-electron chi connectivity index (χ1n) is 8.80. The number of amides is 1. The van der Waals surface area contributed by atoms with Crippen LogP contribution >= 0.6 is 0 Å². The normalized spacial score (nSPS) is 11.5. The molecule has 140 valence electrons. The number of hydrogen-bond acceptors (Lipinski definition) is 4. The van der Waals surface area contributed by atoms with E-state index in [1.165, 1.54) is 0 Å². The first-order valence-corrected chi connectivity index (χ1v) is 8.80. The van der Waals surface area contributed by atoms with E-state index >= 15 is 0 Å². The Kier molecular flexibility index (Phi) is 7.33. The van der Waals surface area contributed by atoms with Crippen molar-refractivity contribution in [2.75, 3.05) is 20.8 Å². The second kappa shape index (κ2) is 9.70. The molecule has 2 aromatic rings. The van der Waals surface area contributed by atoms with Gasteiger partial charge < -0.3 is 19.5 Å². The van der Waals surface area contributed by atoms with Crippen LogP contribution in [0.4, 0.5) is 0 Å². The monoisotopic (exact) mass is 357 g/mol. The molecular formula is C21H27NO4. The lowest BCUT2D eigenvalue weighted by molar-refractivity contribution is -0.128. The zero-order valence-electron chi connectivity index (χ0n) is 15.9. The molecule has 1 atom stereocenters. The first-order chi connectivity index (χ1) is 12.6. The van der Waals surface area contributed by atoms with Gasteiger partial charge in [0.15, 0.2) is 17.6 Å². The fraction of sp³-hybridized carbons (Fsp3) is 0.381. The summed E-state index contributed by atoms with van der Waals surface area (Å²) < 4.78 is 16.4. The SMILES string of the molecule is CC[C@@H](Oc1ccccc1C)C(=O)NCCc1ccc(OC)c(OC)c1. The summed E-state index contributed by atoms with van der Waals surface area (Å²) in [5.41, 5.74) is 2.08. The summed E-state index contributed by atoms with van der Waals surface area (Å²) in [6.45, 7) is 4.44. The van der Waals surface area contributed by atoms with Crippen LogP contribution in [0.25, 0.3) is 0 Å². The van der Waals surface area contributed by atoms with Crippen LogP contribution in [-0.4, -0.2) is 32.8 Å². The summed E-state index contributed by atoms with van der Waals surface area (Å²) in [5, 5.41) is 2.95. The van der Waals surface area contributed by atoms with Crippen molar-refractivity contribution in [3.63, 3.8) is 0 Å². The maximum atomic E-state index is 12.4. The van der Waals surface area contributed by atoms with E-state index in [9.17, 15) is 4.79 Å². The first kappa shape index (κ1) is 19.6. The summed E-state index contributed by atoms with van der Waals surface area (Å²) in [7, 11) is 3.22. The van der Waals surface area contributed by atoms with Crippen molar-refractivity contribution in [2.45, 2.75) is 32.8 Å². The molecule has 26 heavy (non-hydrogen) atoms. The third kappa shape index (κ3) is 5.15. The Labute approximate surface area is 155 Å². The summed E-state index contributed by atoms with van der Waals surface area (Å²) in [6.07, 6.45) is 0.810. The zero-order valence-corrected chi connectivity index (χ0v) is 15.9. The molecule has 0 saturated carbocycles. The molecule has 0 unspecified atom stereocenters. The van der Waals surface area contributed by atoms with Crippen LogP contribution in [0, 0.1) is 6.92 Å². The number of rotatable bonds is 9. The molecule has 2 rings (SSSR count). The predicted octanol–water partition coefficient (Wildman–Crippen LogP) is 3.53. The average molecular weight is 357 g/mol. The van der Waals surface area contributed by atoms with Crippen LogP contribution in [-0.2, 0) is 11.2 Å². The quantitative estimate of drug-likeness (QED) is 0.746. The van der Waals surface area contributed by atoms with Gasteiger partial charge in [0.1, 0.15) is 5.75 Å². The average Bonchev–Trinajstić information content (AvgIpc) is 2.67. The fourth-order valence-corrected chi connectivity index (χ4v) is 2.64. The molecule has 0 bridgehead atoms. The van der Waals surface area contributed by atoms with E-state index in [1.807, 2.05) is 56.3 Å². The number of carbonyl (C=O) groups excluding carboxylic acids is 1. The highest BCUT2D eigenvalue weighted by molar-refractivity contribution is 5.81. The minimum atomic E-state index is -0.499. The number of ether oxygens (including phenoxy) is 3. The van der Waals surface area contributed by atoms with Crippen molar-refractivity contribution in [3.05, 3.63) is 53.6 Å². The number of aryl methyl sites for hydroxylation is 1. The zero-order chi connectivity index (χ0) is 18.9. The summed E-state index contributed by atoms with van der Waals surface area (Å²) in [4.78, 5) is 12.4. The van der Waals surface area contributed by atoms with Crippen LogP contribution in [0.15, 0.2) is 42.5 Å². The Hall–Kier alpha value is -2.69. The van der Waals surface area contributed by atoms with Crippen molar-refractivity contribution >= 4 is 5.91 Å².